The second-order valence-corrected chi connectivity index (χ2v) is 7.69. The van der Waals surface area contributed by atoms with Gasteiger partial charge in [-0.25, -0.2) is 4.39 Å². The third-order valence-corrected chi connectivity index (χ3v) is 5.48. The van der Waals surface area contributed by atoms with E-state index in [1.165, 1.54) is 18.2 Å². The first-order valence-electron chi connectivity index (χ1n) is 8.56. The van der Waals surface area contributed by atoms with Gasteiger partial charge in [-0.15, -0.1) is 0 Å². The van der Waals surface area contributed by atoms with Gasteiger partial charge >= 0.3 is 0 Å². The Kier molecular flexibility index (Phi) is 5.90. The SMILES string of the molecule is Cc1ccc(C(=O)N2CCC(NC(=O)c3ccc(F)cc3I)CC2)cc1. The van der Waals surface area contributed by atoms with Crippen molar-refractivity contribution in [1.82, 2.24) is 10.2 Å². The first kappa shape index (κ1) is 18.8. The summed E-state index contributed by atoms with van der Waals surface area (Å²) in [5.41, 5.74) is 2.29. The quantitative estimate of drug-likeness (QED) is 0.701. The van der Waals surface area contributed by atoms with Crippen LogP contribution in [0.4, 0.5) is 4.39 Å². The molecule has 2 aromatic rings. The zero-order valence-corrected chi connectivity index (χ0v) is 16.6. The van der Waals surface area contributed by atoms with Gasteiger partial charge in [-0.1, -0.05) is 17.7 Å². The Morgan fingerprint density at radius 1 is 1.12 bits per heavy atom. The van der Waals surface area contributed by atoms with Crippen LogP contribution in [-0.4, -0.2) is 35.8 Å². The first-order valence-corrected chi connectivity index (χ1v) is 9.64. The molecule has 0 spiro atoms. The molecule has 1 heterocycles. The van der Waals surface area contributed by atoms with Gasteiger partial charge in [0.1, 0.15) is 5.82 Å². The van der Waals surface area contributed by atoms with E-state index in [1.54, 1.807) is 0 Å². The van der Waals surface area contributed by atoms with Crippen LogP contribution in [0.1, 0.15) is 39.1 Å². The lowest BCUT2D eigenvalue weighted by Crippen LogP contribution is -2.46. The molecule has 26 heavy (non-hydrogen) atoms. The molecule has 2 aromatic carbocycles. The van der Waals surface area contributed by atoms with Crippen LogP contribution >= 0.6 is 22.6 Å². The zero-order chi connectivity index (χ0) is 18.7. The number of benzene rings is 2. The summed E-state index contributed by atoms with van der Waals surface area (Å²) in [5, 5.41) is 3.00. The van der Waals surface area contributed by atoms with Crippen LogP contribution in [0.2, 0.25) is 0 Å². The maximum absolute atomic E-state index is 13.2. The molecule has 0 radical (unpaired) electrons. The van der Waals surface area contributed by atoms with Crippen molar-refractivity contribution in [2.75, 3.05) is 13.1 Å². The maximum atomic E-state index is 13.2. The van der Waals surface area contributed by atoms with E-state index in [-0.39, 0.29) is 23.7 Å². The minimum absolute atomic E-state index is 0.0189. The van der Waals surface area contributed by atoms with Gasteiger partial charge in [0.15, 0.2) is 0 Å². The summed E-state index contributed by atoms with van der Waals surface area (Å²) >= 11 is 1.96. The fourth-order valence-electron chi connectivity index (χ4n) is 3.04. The van der Waals surface area contributed by atoms with E-state index in [2.05, 4.69) is 5.32 Å². The number of hydrogen-bond acceptors (Lipinski definition) is 2. The summed E-state index contributed by atoms with van der Waals surface area (Å²) in [6, 6.07) is 11.7. The van der Waals surface area contributed by atoms with E-state index < -0.39 is 0 Å². The molecule has 2 amide bonds. The Balaban J connectivity index is 1.55. The number of nitrogens with zero attached hydrogens (tertiary/aromatic N) is 1. The Morgan fingerprint density at radius 3 is 2.38 bits per heavy atom. The van der Waals surface area contributed by atoms with Crippen molar-refractivity contribution < 1.29 is 14.0 Å². The molecule has 1 N–H and O–H groups in total. The Labute approximate surface area is 165 Å². The molecule has 4 nitrogen and oxygen atoms in total. The average Bonchev–Trinajstić information content (AvgIpc) is 2.62. The highest BCUT2D eigenvalue weighted by molar-refractivity contribution is 14.1. The molecular formula is C20H20FIN2O2. The molecule has 3 rings (SSSR count). The monoisotopic (exact) mass is 466 g/mol. The molecule has 0 aromatic heterocycles. The number of piperidine rings is 1. The predicted molar refractivity (Wildman–Crippen MR) is 107 cm³/mol. The highest BCUT2D eigenvalue weighted by Crippen LogP contribution is 2.17. The minimum atomic E-state index is -0.353. The number of rotatable bonds is 3. The predicted octanol–water partition coefficient (Wildman–Crippen LogP) is 3.77. The van der Waals surface area contributed by atoms with Crippen molar-refractivity contribution in [1.29, 1.82) is 0 Å². The third-order valence-electron chi connectivity index (χ3n) is 4.59. The number of hydrogen-bond donors (Lipinski definition) is 1. The molecular weight excluding hydrogens is 446 g/mol. The molecule has 1 saturated heterocycles. The van der Waals surface area contributed by atoms with Crippen LogP contribution < -0.4 is 5.32 Å². The van der Waals surface area contributed by atoms with E-state index in [9.17, 15) is 14.0 Å². The Hall–Kier alpha value is -1.96. The standard InChI is InChI=1S/C20H20FIN2O2/c1-13-2-4-14(5-3-13)20(26)24-10-8-16(9-11-24)23-19(25)17-7-6-15(21)12-18(17)22/h2-7,12,16H,8-11H2,1H3,(H,23,25). The lowest BCUT2D eigenvalue weighted by Gasteiger charge is -2.32. The average molecular weight is 466 g/mol. The summed E-state index contributed by atoms with van der Waals surface area (Å²) < 4.78 is 13.8. The van der Waals surface area contributed by atoms with Crippen molar-refractivity contribution >= 4 is 34.4 Å². The Morgan fingerprint density at radius 2 is 1.77 bits per heavy atom. The fourth-order valence-corrected chi connectivity index (χ4v) is 3.76. The van der Waals surface area contributed by atoms with Crippen LogP contribution in [0.3, 0.4) is 0 Å². The van der Waals surface area contributed by atoms with Gasteiger partial charge in [-0.2, -0.15) is 0 Å². The lowest BCUT2D eigenvalue weighted by atomic mass is 10.0. The molecule has 0 aliphatic carbocycles. The van der Waals surface area contributed by atoms with Gasteiger partial charge < -0.3 is 10.2 Å². The van der Waals surface area contributed by atoms with Crippen molar-refractivity contribution in [3.05, 3.63) is 68.5 Å². The summed E-state index contributed by atoms with van der Waals surface area (Å²) in [6.07, 6.45) is 1.42. The number of carbonyl (C=O) groups excluding carboxylic acids is 2. The normalized spacial score (nSPS) is 15.0. The number of halogens is 2. The van der Waals surface area contributed by atoms with Gasteiger partial charge in [0.2, 0.25) is 0 Å². The van der Waals surface area contributed by atoms with Gasteiger partial charge in [0.25, 0.3) is 11.8 Å². The summed E-state index contributed by atoms with van der Waals surface area (Å²) in [5.74, 6) is -0.519. The summed E-state index contributed by atoms with van der Waals surface area (Å²) in [7, 11) is 0. The van der Waals surface area contributed by atoms with Crippen molar-refractivity contribution in [3.63, 3.8) is 0 Å². The van der Waals surface area contributed by atoms with E-state index in [0.29, 0.717) is 40.6 Å². The van der Waals surface area contributed by atoms with Crippen LogP contribution in [0.25, 0.3) is 0 Å². The molecule has 6 heteroatoms. The summed E-state index contributed by atoms with van der Waals surface area (Å²) in [4.78, 5) is 26.8. The number of carbonyl (C=O) groups is 2. The highest BCUT2D eigenvalue weighted by Gasteiger charge is 2.25. The van der Waals surface area contributed by atoms with E-state index in [1.807, 2.05) is 58.7 Å². The van der Waals surface area contributed by atoms with Gasteiger partial charge in [-0.3, -0.25) is 9.59 Å². The molecule has 136 valence electrons. The largest absolute Gasteiger partial charge is 0.349 e. The molecule has 1 aliphatic heterocycles. The van der Waals surface area contributed by atoms with Crippen molar-refractivity contribution in [3.8, 4) is 0 Å². The van der Waals surface area contributed by atoms with Gasteiger partial charge in [-0.05, 0) is 72.7 Å². The molecule has 1 fully saturated rings. The highest BCUT2D eigenvalue weighted by atomic mass is 127. The second-order valence-electron chi connectivity index (χ2n) is 6.53. The number of nitrogens with one attached hydrogen (secondary N) is 1. The summed E-state index contributed by atoms with van der Waals surface area (Å²) in [6.45, 7) is 3.21. The molecule has 1 aliphatic rings. The lowest BCUT2D eigenvalue weighted by molar-refractivity contribution is 0.0698. The molecule has 0 saturated carbocycles. The van der Waals surface area contributed by atoms with E-state index in [4.69, 9.17) is 0 Å². The topological polar surface area (TPSA) is 49.4 Å². The molecule has 0 unspecified atom stereocenters. The van der Waals surface area contributed by atoms with Crippen LogP contribution in [0.15, 0.2) is 42.5 Å². The molecule has 0 atom stereocenters. The van der Waals surface area contributed by atoms with E-state index in [0.717, 1.165) is 5.56 Å². The zero-order valence-electron chi connectivity index (χ0n) is 14.5. The van der Waals surface area contributed by atoms with Crippen LogP contribution in [-0.2, 0) is 0 Å². The number of aryl methyl sites for hydroxylation is 1. The van der Waals surface area contributed by atoms with Gasteiger partial charge in [0, 0.05) is 28.3 Å². The Bertz CT molecular complexity index is 815. The maximum Gasteiger partial charge on any atom is 0.253 e. The van der Waals surface area contributed by atoms with E-state index >= 15 is 0 Å². The minimum Gasteiger partial charge on any atom is -0.349 e. The fraction of sp³-hybridized carbons (Fsp3) is 0.300. The number of amides is 2. The first-order chi connectivity index (χ1) is 12.4. The van der Waals surface area contributed by atoms with Crippen LogP contribution in [0.5, 0.6) is 0 Å². The molecule has 0 bridgehead atoms. The van der Waals surface area contributed by atoms with Crippen molar-refractivity contribution in [2.24, 2.45) is 0 Å². The second kappa shape index (κ2) is 8.16. The number of likely N-dealkylation sites (tertiary alicyclic amines) is 1. The van der Waals surface area contributed by atoms with Crippen molar-refractivity contribution in [2.45, 2.75) is 25.8 Å². The van der Waals surface area contributed by atoms with Gasteiger partial charge in [0.05, 0.1) is 5.56 Å². The van der Waals surface area contributed by atoms with Crippen LogP contribution in [0, 0.1) is 16.3 Å². The smallest absolute Gasteiger partial charge is 0.253 e. The third kappa shape index (κ3) is 4.41.